The molecule has 0 aromatic carbocycles. The third-order valence-electron chi connectivity index (χ3n) is 6.34. The van der Waals surface area contributed by atoms with Crippen LogP contribution in [-0.4, -0.2) is 56.5 Å². The van der Waals surface area contributed by atoms with Crippen molar-refractivity contribution in [3.63, 3.8) is 0 Å². The van der Waals surface area contributed by atoms with Gasteiger partial charge in [0.25, 0.3) is 11.5 Å². The summed E-state index contributed by atoms with van der Waals surface area (Å²) in [4.78, 5) is 42.1. The van der Waals surface area contributed by atoms with Crippen molar-refractivity contribution in [2.24, 2.45) is 5.92 Å². The number of aryl methyl sites for hydroxylation is 1. The predicted molar refractivity (Wildman–Crippen MR) is 112 cm³/mol. The van der Waals surface area contributed by atoms with Gasteiger partial charge in [-0.15, -0.1) is 0 Å². The van der Waals surface area contributed by atoms with Crippen molar-refractivity contribution in [3.8, 4) is 0 Å². The molecule has 160 valence electrons. The highest BCUT2D eigenvalue weighted by molar-refractivity contribution is 5.93. The van der Waals surface area contributed by atoms with Crippen LogP contribution >= 0.6 is 0 Å². The maximum absolute atomic E-state index is 13.2. The van der Waals surface area contributed by atoms with E-state index < -0.39 is 0 Å². The van der Waals surface area contributed by atoms with Crippen LogP contribution in [0.25, 0.3) is 0 Å². The number of nitrogens with one attached hydrogen (secondary N) is 1. The van der Waals surface area contributed by atoms with E-state index in [1.165, 1.54) is 0 Å². The average Bonchev–Trinajstić information content (AvgIpc) is 3.12. The number of carbonyl (C=O) groups excluding carboxylic acids is 2. The second-order valence-electron chi connectivity index (χ2n) is 8.62. The van der Waals surface area contributed by atoms with Gasteiger partial charge in [-0.2, -0.15) is 5.10 Å². The minimum Gasteiger partial charge on any atom is -0.342 e. The number of aromatic nitrogens is 3. The smallest absolute Gasteiger partial charge is 0.263 e. The monoisotopic (exact) mass is 411 g/mol. The molecule has 4 rings (SSSR count). The first-order valence-corrected chi connectivity index (χ1v) is 10.6. The van der Waals surface area contributed by atoms with Crippen molar-refractivity contribution in [3.05, 3.63) is 51.2 Å². The number of carbonyl (C=O) groups is 2. The topological polar surface area (TPSA) is 91.3 Å². The molecule has 2 bridgehead atoms. The molecule has 1 fully saturated rings. The van der Waals surface area contributed by atoms with Crippen molar-refractivity contribution in [1.82, 2.24) is 24.6 Å². The van der Waals surface area contributed by atoms with E-state index in [4.69, 9.17) is 0 Å². The third-order valence-corrected chi connectivity index (χ3v) is 6.34. The molecule has 2 atom stereocenters. The molecule has 8 nitrogen and oxygen atoms in total. The molecule has 0 unspecified atom stereocenters. The van der Waals surface area contributed by atoms with E-state index in [-0.39, 0.29) is 34.8 Å². The molecule has 0 saturated carbocycles. The number of amides is 2. The van der Waals surface area contributed by atoms with Gasteiger partial charge in [-0.25, -0.2) is 0 Å². The Bertz CT molecular complexity index is 1020. The molecule has 1 N–H and O–H groups in total. The second kappa shape index (κ2) is 8.08. The molecule has 8 heteroatoms. The lowest BCUT2D eigenvalue weighted by atomic mass is 9.82. The molecule has 2 aromatic rings. The zero-order valence-corrected chi connectivity index (χ0v) is 17.9. The molecule has 2 aliphatic rings. The lowest BCUT2D eigenvalue weighted by Gasteiger charge is -2.43. The number of piperidine rings is 1. The van der Waals surface area contributed by atoms with Crippen LogP contribution < -0.4 is 5.56 Å². The van der Waals surface area contributed by atoms with Crippen molar-refractivity contribution in [2.75, 3.05) is 20.1 Å². The second-order valence-corrected chi connectivity index (χ2v) is 8.62. The number of aromatic amines is 1. The van der Waals surface area contributed by atoms with Crippen molar-refractivity contribution in [1.29, 1.82) is 0 Å². The highest BCUT2D eigenvalue weighted by Crippen LogP contribution is 2.35. The summed E-state index contributed by atoms with van der Waals surface area (Å²) in [5.41, 5.74) is 2.75. The molecule has 0 spiro atoms. The van der Waals surface area contributed by atoms with Crippen LogP contribution in [0.15, 0.2) is 23.1 Å². The standard InChI is InChI=1S/C22H29N5O3/c1-4-5-20(28)26-10-15-8-16(13-26)19-7-6-18(22(30)27(19)11-15)21(29)25(3)12-17-9-23-24-14(17)2/h6-7,9,15-16H,4-5,8,10-13H2,1-3H3,(H,23,24)/t15-,16+/m0/s1. The average molecular weight is 412 g/mol. The van der Waals surface area contributed by atoms with E-state index in [0.29, 0.717) is 32.6 Å². The Labute approximate surface area is 175 Å². The summed E-state index contributed by atoms with van der Waals surface area (Å²) in [6.45, 7) is 6.22. The van der Waals surface area contributed by atoms with Crippen molar-refractivity contribution in [2.45, 2.75) is 52.1 Å². The zero-order valence-electron chi connectivity index (χ0n) is 17.9. The highest BCUT2D eigenvalue weighted by atomic mass is 16.2. The van der Waals surface area contributed by atoms with Gasteiger partial charge in [-0.05, 0) is 37.8 Å². The fourth-order valence-corrected chi connectivity index (χ4v) is 4.75. The first kappa shape index (κ1) is 20.4. The van der Waals surface area contributed by atoms with Gasteiger partial charge >= 0.3 is 0 Å². The summed E-state index contributed by atoms with van der Waals surface area (Å²) < 4.78 is 1.77. The van der Waals surface area contributed by atoms with Gasteiger partial charge in [0.2, 0.25) is 5.91 Å². The third kappa shape index (κ3) is 3.66. The Kier molecular flexibility index (Phi) is 5.49. The van der Waals surface area contributed by atoms with E-state index in [0.717, 1.165) is 29.8 Å². The molecule has 2 aromatic heterocycles. The number of fused-ring (bicyclic) bond motifs is 4. The fraction of sp³-hybridized carbons (Fsp3) is 0.545. The van der Waals surface area contributed by atoms with Crippen LogP contribution in [0, 0.1) is 12.8 Å². The fourth-order valence-electron chi connectivity index (χ4n) is 4.75. The first-order valence-electron chi connectivity index (χ1n) is 10.6. The summed E-state index contributed by atoms with van der Waals surface area (Å²) in [6, 6.07) is 3.56. The summed E-state index contributed by atoms with van der Waals surface area (Å²) in [7, 11) is 1.70. The Hall–Kier alpha value is -2.90. The Morgan fingerprint density at radius 2 is 2.07 bits per heavy atom. The lowest BCUT2D eigenvalue weighted by Crippen LogP contribution is -2.49. The lowest BCUT2D eigenvalue weighted by molar-refractivity contribution is -0.134. The Morgan fingerprint density at radius 3 is 2.77 bits per heavy atom. The van der Waals surface area contributed by atoms with Gasteiger partial charge in [0.1, 0.15) is 5.56 Å². The van der Waals surface area contributed by atoms with Gasteiger partial charge in [-0.3, -0.25) is 19.5 Å². The largest absolute Gasteiger partial charge is 0.342 e. The molecule has 4 heterocycles. The van der Waals surface area contributed by atoms with Crippen LogP contribution in [-0.2, 0) is 17.9 Å². The Morgan fingerprint density at radius 1 is 1.27 bits per heavy atom. The van der Waals surface area contributed by atoms with Crippen LogP contribution in [0.1, 0.15) is 59.4 Å². The molecule has 0 aliphatic carbocycles. The molecular weight excluding hydrogens is 382 g/mol. The summed E-state index contributed by atoms with van der Waals surface area (Å²) in [5.74, 6) is 0.324. The van der Waals surface area contributed by atoms with Gasteiger partial charge in [-0.1, -0.05) is 6.92 Å². The maximum atomic E-state index is 13.2. The predicted octanol–water partition coefficient (Wildman–Crippen LogP) is 1.90. The van der Waals surface area contributed by atoms with E-state index in [2.05, 4.69) is 10.2 Å². The van der Waals surface area contributed by atoms with Gasteiger partial charge in [0.15, 0.2) is 0 Å². The quantitative estimate of drug-likeness (QED) is 0.814. The molecule has 1 saturated heterocycles. The molecule has 2 aliphatic heterocycles. The number of hydrogen-bond acceptors (Lipinski definition) is 4. The highest BCUT2D eigenvalue weighted by Gasteiger charge is 2.36. The minimum absolute atomic E-state index is 0.154. The molecule has 30 heavy (non-hydrogen) atoms. The number of pyridine rings is 1. The number of rotatable bonds is 5. The molecule has 0 radical (unpaired) electrons. The SMILES string of the molecule is CCCC(=O)N1C[C@@H]2C[C@H](C1)c1ccc(C(=O)N(C)Cc3cn[nH]c3C)c(=O)n1C2. The summed E-state index contributed by atoms with van der Waals surface area (Å²) in [5, 5.41) is 6.85. The van der Waals surface area contributed by atoms with Crippen LogP contribution in [0.5, 0.6) is 0 Å². The van der Waals surface area contributed by atoms with Gasteiger partial charge in [0, 0.05) is 62.5 Å². The van der Waals surface area contributed by atoms with Crippen LogP contribution in [0.2, 0.25) is 0 Å². The first-order chi connectivity index (χ1) is 14.4. The normalized spacial score (nSPS) is 20.0. The number of likely N-dealkylation sites (tertiary alicyclic amines) is 1. The van der Waals surface area contributed by atoms with E-state index >= 15 is 0 Å². The van der Waals surface area contributed by atoms with E-state index in [9.17, 15) is 14.4 Å². The van der Waals surface area contributed by atoms with Crippen LogP contribution in [0.4, 0.5) is 0 Å². The summed E-state index contributed by atoms with van der Waals surface area (Å²) in [6.07, 6.45) is 4.11. The van der Waals surface area contributed by atoms with Gasteiger partial charge in [0.05, 0.1) is 6.20 Å². The molecule has 2 amide bonds. The van der Waals surface area contributed by atoms with Crippen molar-refractivity contribution < 1.29 is 9.59 Å². The Balaban J connectivity index is 1.56. The van der Waals surface area contributed by atoms with E-state index in [1.54, 1.807) is 28.8 Å². The summed E-state index contributed by atoms with van der Waals surface area (Å²) >= 11 is 0. The van der Waals surface area contributed by atoms with E-state index in [1.807, 2.05) is 24.8 Å². The van der Waals surface area contributed by atoms with Crippen LogP contribution in [0.3, 0.4) is 0 Å². The van der Waals surface area contributed by atoms with Gasteiger partial charge < -0.3 is 14.4 Å². The number of H-pyrrole nitrogens is 1. The molecular formula is C22H29N5O3. The number of hydrogen-bond donors (Lipinski definition) is 1. The maximum Gasteiger partial charge on any atom is 0.263 e. The number of nitrogens with zero attached hydrogens (tertiary/aromatic N) is 4. The zero-order chi connectivity index (χ0) is 21.4. The van der Waals surface area contributed by atoms with Crippen molar-refractivity contribution >= 4 is 11.8 Å². The minimum atomic E-state index is -0.286.